The number of hydrogen-bond acceptors (Lipinski definition) is 5. The molecule has 0 aliphatic carbocycles. The lowest BCUT2D eigenvalue weighted by Crippen LogP contribution is -2.35. The van der Waals surface area contributed by atoms with Gasteiger partial charge in [-0.1, -0.05) is 12.1 Å². The Morgan fingerprint density at radius 2 is 1.77 bits per heavy atom. The van der Waals surface area contributed by atoms with Gasteiger partial charge in [0.15, 0.2) is 0 Å². The van der Waals surface area contributed by atoms with Gasteiger partial charge in [-0.15, -0.1) is 0 Å². The number of aryl methyl sites for hydroxylation is 2. The largest absolute Gasteiger partial charge is 0.351 e. The number of fused-ring (bicyclic) bond motifs is 2. The zero-order valence-corrected chi connectivity index (χ0v) is 17.2. The highest BCUT2D eigenvalue weighted by Gasteiger charge is 2.16. The minimum atomic E-state index is -0.275. The summed E-state index contributed by atoms with van der Waals surface area (Å²) in [6, 6.07) is 13.4. The van der Waals surface area contributed by atoms with Crippen molar-refractivity contribution >= 4 is 27.8 Å². The fourth-order valence-electron chi connectivity index (χ4n) is 4.19. The topological polar surface area (TPSA) is 62.7 Å². The highest BCUT2D eigenvalue weighted by molar-refractivity contribution is 5.97. The summed E-state index contributed by atoms with van der Waals surface area (Å²) in [6.07, 6.45) is 2.12. The quantitative estimate of drug-likeness (QED) is 0.518. The third-order valence-corrected chi connectivity index (χ3v) is 5.80. The average molecular weight is 401 g/mol. The molecule has 1 aliphatic heterocycles. The van der Waals surface area contributed by atoms with Gasteiger partial charge in [0.05, 0.1) is 16.7 Å². The molecule has 3 heterocycles. The predicted molar refractivity (Wildman–Crippen MR) is 119 cm³/mol. The van der Waals surface area contributed by atoms with E-state index >= 15 is 0 Å². The van der Waals surface area contributed by atoms with Crippen LogP contribution < -0.4 is 10.6 Å². The molecule has 4 aromatic rings. The average Bonchev–Trinajstić information content (AvgIpc) is 2.74. The molecule has 1 fully saturated rings. The van der Waals surface area contributed by atoms with Crippen LogP contribution in [-0.2, 0) is 0 Å². The molecule has 0 bridgehead atoms. The molecule has 1 aliphatic rings. The van der Waals surface area contributed by atoms with Gasteiger partial charge in [-0.3, -0.25) is 4.98 Å². The van der Waals surface area contributed by atoms with Gasteiger partial charge in [-0.05, 0) is 75.7 Å². The normalized spacial score (nSPS) is 15.0. The van der Waals surface area contributed by atoms with E-state index in [1.54, 1.807) is 6.07 Å². The van der Waals surface area contributed by atoms with Crippen LogP contribution >= 0.6 is 0 Å². The molecule has 0 atom stereocenters. The summed E-state index contributed by atoms with van der Waals surface area (Å²) in [7, 11) is 0. The number of nitrogens with one attached hydrogen (secondary N) is 2. The van der Waals surface area contributed by atoms with E-state index < -0.39 is 0 Å². The summed E-state index contributed by atoms with van der Waals surface area (Å²) in [6.45, 7) is 5.92. The lowest BCUT2D eigenvalue weighted by atomic mass is 9.99. The Bertz CT molecular complexity index is 1240. The van der Waals surface area contributed by atoms with E-state index in [2.05, 4.69) is 20.6 Å². The van der Waals surface area contributed by atoms with Gasteiger partial charge in [-0.25, -0.2) is 14.4 Å². The minimum Gasteiger partial charge on any atom is -0.351 e. The number of piperidine rings is 1. The highest BCUT2D eigenvalue weighted by Crippen LogP contribution is 2.33. The Morgan fingerprint density at radius 1 is 0.967 bits per heavy atom. The van der Waals surface area contributed by atoms with E-state index in [4.69, 9.17) is 4.98 Å². The second-order valence-corrected chi connectivity index (χ2v) is 7.98. The van der Waals surface area contributed by atoms with Crippen LogP contribution in [0.4, 0.5) is 10.3 Å². The van der Waals surface area contributed by atoms with E-state index in [1.165, 1.54) is 6.07 Å². The van der Waals surface area contributed by atoms with Crippen molar-refractivity contribution in [2.24, 2.45) is 0 Å². The lowest BCUT2D eigenvalue weighted by Gasteiger charge is -2.23. The van der Waals surface area contributed by atoms with Crippen LogP contribution in [0.25, 0.3) is 32.9 Å². The van der Waals surface area contributed by atoms with Crippen LogP contribution in [0.3, 0.4) is 0 Å². The van der Waals surface area contributed by atoms with Crippen molar-refractivity contribution in [1.82, 2.24) is 20.3 Å². The number of anilines is 1. The Labute approximate surface area is 174 Å². The third-order valence-electron chi connectivity index (χ3n) is 5.80. The number of rotatable bonds is 3. The number of hydrogen-bond donors (Lipinski definition) is 2. The molecule has 2 aromatic carbocycles. The van der Waals surface area contributed by atoms with Crippen LogP contribution in [-0.4, -0.2) is 34.1 Å². The smallest absolute Gasteiger partial charge is 0.223 e. The van der Waals surface area contributed by atoms with Gasteiger partial charge in [0.1, 0.15) is 5.82 Å². The van der Waals surface area contributed by atoms with Crippen LogP contribution in [0.2, 0.25) is 0 Å². The summed E-state index contributed by atoms with van der Waals surface area (Å²) >= 11 is 0. The van der Waals surface area contributed by atoms with Gasteiger partial charge in [0.25, 0.3) is 0 Å². The van der Waals surface area contributed by atoms with Crippen LogP contribution in [0.5, 0.6) is 0 Å². The number of halogens is 1. The number of benzene rings is 2. The first kappa shape index (κ1) is 18.9. The molecule has 0 radical (unpaired) electrons. The van der Waals surface area contributed by atoms with Gasteiger partial charge >= 0.3 is 0 Å². The first-order valence-corrected chi connectivity index (χ1v) is 10.4. The molecular formula is C24H24FN5. The Morgan fingerprint density at radius 3 is 2.60 bits per heavy atom. The molecule has 2 aromatic heterocycles. The predicted octanol–water partition coefficient (Wildman–Crippen LogP) is 4.76. The van der Waals surface area contributed by atoms with E-state index in [-0.39, 0.29) is 5.82 Å². The molecule has 152 valence electrons. The molecule has 5 nitrogen and oxygen atoms in total. The first-order valence-electron chi connectivity index (χ1n) is 10.4. The maximum absolute atomic E-state index is 14.9. The van der Waals surface area contributed by atoms with Crippen molar-refractivity contribution in [2.75, 3.05) is 18.4 Å². The molecule has 0 saturated carbocycles. The molecule has 0 spiro atoms. The molecule has 0 unspecified atom stereocenters. The fraction of sp³-hybridized carbons (Fsp3) is 0.292. The molecular weight excluding hydrogens is 377 g/mol. The maximum atomic E-state index is 14.9. The van der Waals surface area contributed by atoms with Crippen molar-refractivity contribution in [2.45, 2.75) is 32.7 Å². The van der Waals surface area contributed by atoms with Crippen molar-refractivity contribution in [1.29, 1.82) is 0 Å². The summed E-state index contributed by atoms with van der Waals surface area (Å²) in [4.78, 5) is 14.0. The Balaban J connectivity index is 1.58. The summed E-state index contributed by atoms with van der Waals surface area (Å²) in [5.41, 5.74) is 4.58. The molecule has 1 saturated heterocycles. The zero-order chi connectivity index (χ0) is 20.7. The number of aromatic nitrogens is 3. The van der Waals surface area contributed by atoms with Crippen molar-refractivity contribution in [3.05, 3.63) is 59.7 Å². The van der Waals surface area contributed by atoms with Gasteiger partial charge in [0.2, 0.25) is 5.95 Å². The van der Waals surface area contributed by atoms with E-state index in [9.17, 15) is 4.39 Å². The van der Waals surface area contributed by atoms with Crippen molar-refractivity contribution < 1.29 is 4.39 Å². The van der Waals surface area contributed by atoms with Crippen LogP contribution in [0.15, 0.2) is 42.5 Å². The SMILES string of the molecule is Cc1ccc2ccc(F)c(-c3ccc4nc(NC5CCNCC5)nc(C)c4c3)c2n1. The van der Waals surface area contributed by atoms with Gasteiger partial charge in [-0.2, -0.15) is 0 Å². The highest BCUT2D eigenvalue weighted by atomic mass is 19.1. The van der Waals surface area contributed by atoms with Crippen LogP contribution in [0.1, 0.15) is 24.2 Å². The second-order valence-electron chi connectivity index (χ2n) is 7.98. The fourth-order valence-corrected chi connectivity index (χ4v) is 4.19. The Kier molecular flexibility index (Phi) is 4.79. The van der Waals surface area contributed by atoms with Crippen LogP contribution in [0, 0.1) is 19.7 Å². The monoisotopic (exact) mass is 401 g/mol. The maximum Gasteiger partial charge on any atom is 0.223 e. The summed E-state index contributed by atoms with van der Waals surface area (Å²) in [5, 5.41) is 8.68. The molecule has 6 heteroatoms. The molecule has 0 amide bonds. The Hall–Kier alpha value is -3.12. The lowest BCUT2D eigenvalue weighted by molar-refractivity contribution is 0.477. The standard InChI is InChI=1S/C24H24FN5/c1-14-3-4-16-5-7-20(25)22(23(16)27-14)17-6-8-21-19(13-17)15(2)28-24(30-21)29-18-9-11-26-12-10-18/h3-8,13,18,26H,9-12H2,1-2H3,(H,28,29,30). The summed E-state index contributed by atoms with van der Waals surface area (Å²) in [5.74, 6) is 0.385. The minimum absolute atomic E-state index is 0.275. The zero-order valence-electron chi connectivity index (χ0n) is 17.2. The second kappa shape index (κ2) is 7.61. The van der Waals surface area contributed by atoms with Gasteiger partial charge < -0.3 is 10.6 Å². The van der Waals surface area contributed by atoms with E-state index in [0.29, 0.717) is 23.1 Å². The molecule has 2 N–H and O–H groups in total. The van der Waals surface area contributed by atoms with Crippen molar-refractivity contribution in [3.8, 4) is 11.1 Å². The molecule has 30 heavy (non-hydrogen) atoms. The summed E-state index contributed by atoms with van der Waals surface area (Å²) < 4.78 is 14.9. The third kappa shape index (κ3) is 3.48. The number of pyridine rings is 1. The van der Waals surface area contributed by atoms with Crippen molar-refractivity contribution in [3.63, 3.8) is 0 Å². The first-order chi connectivity index (χ1) is 14.6. The number of nitrogens with zero attached hydrogens (tertiary/aromatic N) is 3. The van der Waals surface area contributed by atoms with E-state index in [0.717, 1.165) is 59.2 Å². The van der Waals surface area contributed by atoms with E-state index in [1.807, 2.05) is 44.2 Å². The van der Waals surface area contributed by atoms with Gasteiger partial charge in [0, 0.05) is 28.1 Å². The molecule has 5 rings (SSSR count).